The maximum atomic E-state index is 13.2. The van der Waals surface area contributed by atoms with Gasteiger partial charge in [-0.1, -0.05) is 11.2 Å². The quantitative estimate of drug-likeness (QED) is 0.566. The van der Waals surface area contributed by atoms with Crippen molar-refractivity contribution < 1.29 is 17.7 Å². The van der Waals surface area contributed by atoms with Gasteiger partial charge in [-0.15, -0.1) is 0 Å². The van der Waals surface area contributed by atoms with Gasteiger partial charge >= 0.3 is 0 Å². The van der Waals surface area contributed by atoms with Crippen LogP contribution in [0.2, 0.25) is 0 Å². The van der Waals surface area contributed by atoms with Crippen LogP contribution in [0.3, 0.4) is 0 Å². The minimum absolute atomic E-state index is 0.126. The molecular weight excluding hydrogens is 414 g/mol. The van der Waals surface area contributed by atoms with Crippen molar-refractivity contribution in [2.75, 3.05) is 19.7 Å². The SMILES string of the molecule is CCOc1ccc(-c2noc([C@H]3CCCN(S(=O)(=O)c4ccc(C)c(C)c4)C3)n2)cc1. The molecule has 1 aliphatic rings. The number of aromatic nitrogens is 2. The second kappa shape index (κ2) is 8.80. The van der Waals surface area contributed by atoms with Gasteiger partial charge in [-0.3, -0.25) is 0 Å². The summed E-state index contributed by atoms with van der Waals surface area (Å²) in [5, 5.41) is 4.11. The third-order valence-corrected chi connectivity index (χ3v) is 7.58. The Balaban J connectivity index is 1.52. The Labute approximate surface area is 183 Å². The molecule has 1 aromatic heterocycles. The molecule has 0 spiro atoms. The van der Waals surface area contributed by atoms with Crippen LogP contribution in [0.15, 0.2) is 51.9 Å². The van der Waals surface area contributed by atoms with Crippen molar-refractivity contribution >= 4 is 10.0 Å². The topological polar surface area (TPSA) is 85.5 Å². The van der Waals surface area contributed by atoms with E-state index in [0.717, 1.165) is 35.3 Å². The Hall–Kier alpha value is -2.71. The summed E-state index contributed by atoms with van der Waals surface area (Å²) in [6.07, 6.45) is 1.55. The van der Waals surface area contributed by atoms with Crippen molar-refractivity contribution in [2.24, 2.45) is 0 Å². The van der Waals surface area contributed by atoms with Gasteiger partial charge in [-0.25, -0.2) is 8.42 Å². The van der Waals surface area contributed by atoms with E-state index in [0.29, 0.717) is 36.3 Å². The lowest BCUT2D eigenvalue weighted by Gasteiger charge is -2.30. The van der Waals surface area contributed by atoms with Crippen LogP contribution in [-0.2, 0) is 10.0 Å². The highest BCUT2D eigenvalue weighted by atomic mass is 32.2. The predicted octanol–water partition coefficient (Wildman–Crippen LogP) is 4.32. The fourth-order valence-electron chi connectivity index (χ4n) is 3.77. The number of benzene rings is 2. The second-order valence-corrected chi connectivity index (χ2v) is 9.80. The average Bonchev–Trinajstić information content (AvgIpc) is 3.27. The number of rotatable bonds is 6. The van der Waals surface area contributed by atoms with Crippen LogP contribution in [0, 0.1) is 13.8 Å². The molecule has 0 aliphatic carbocycles. The van der Waals surface area contributed by atoms with Gasteiger partial charge in [-0.2, -0.15) is 9.29 Å². The minimum Gasteiger partial charge on any atom is -0.494 e. The van der Waals surface area contributed by atoms with E-state index in [9.17, 15) is 8.42 Å². The van der Waals surface area contributed by atoms with E-state index >= 15 is 0 Å². The summed E-state index contributed by atoms with van der Waals surface area (Å²) < 4.78 is 38.9. The first kappa shape index (κ1) is 21.5. The standard InChI is InChI=1S/C23H27N3O4S/c1-4-29-20-10-8-18(9-11-20)22-24-23(30-25-22)19-6-5-13-26(15-19)31(27,28)21-12-7-16(2)17(3)14-21/h7-12,14,19H,4-6,13,15H2,1-3H3/t19-/m0/s1. The summed E-state index contributed by atoms with van der Waals surface area (Å²) in [5.74, 6) is 1.63. The number of ether oxygens (including phenoxy) is 1. The molecule has 4 rings (SSSR count). The molecule has 0 N–H and O–H groups in total. The Morgan fingerprint density at radius 2 is 1.90 bits per heavy atom. The van der Waals surface area contributed by atoms with Crippen LogP contribution in [0.5, 0.6) is 5.75 Å². The zero-order chi connectivity index (χ0) is 22.0. The zero-order valence-electron chi connectivity index (χ0n) is 18.0. The Morgan fingerprint density at radius 3 is 2.61 bits per heavy atom. The highest BCUT2D eigenvalue weighted by molar-refractivity contribution is 7.89. The molecule has 7 nitrogen and oxygen atoms in total. The number of nitrogens with zero attached hydrogens (tertiary/aromatic N) is 3. The van der Waals surface area contributed by atoms with Crippen LogP contribution in [-0.4, -0.2) is 42.6 Å². The normalized spacial score (nSPS) is 17.6. The van der Waals surface area contributed by atoms with Crippen molar-refractivity contribution in [1.82, 2.24) is 14.4 Å². The van der Waals surface area contributed by atoms with Crippen LogP contribution in [0.25, 0.3) is 11.4 Å². The molecule has 2 heterocycles. The highest BCUT2D eigenvalue weighted by Crippen LogP contribution is 2.31. The average molecular weight is 442 g/mol. The van der Waals surface area contributed by atoms with Crippen molar-refractivity contribution in [3.63, 3.8) is 0 Å². The molecule has 1 saturated heterocycles. The molecule has 0 radical (unpaired) electrons. The number of sulfonamides is 1. The Kier molecular flexibility index (Phi) is 6.11. The van der Waals surface area contributed by atoms with Crippen LogP contribution < -0.4 is 4.74 Å². The van der Waals surface area contributed by atoms with Gasteiger partial charge in [0.1, 0.15) is 5.75 Å². The summed E-state index contributed by atoms with van der Waals surface area (Å²) in [6.45, 7) is 7.27. The Bertz CT molecular complexity index is 1160. The molecule has 2 aromatic carbocycles. The van der Waals surface area contributed by atoms with E-state index in [1.165, 1.54) is 4.31 Å². The minimum atomic E-state index is -3.57. The number of hydrogen-bond donors (Lipinski definition) is 0. The van der Waals surface area contributed by atoms with E-state index in [1.54, 1.807) is 12.1 Å². The predicted molar refractivity (Wildman–Crippen MR) is 118 cm³/mol. The third-order valence-electron chi connectivity index (χ3n) is 5.71. The molecule has 1 aliphatic heterocycles. The van der Waals surface area contributed by atoms with Crippen LogP contribution in [0.4, 0.5) is 0 Å². The molecule has 3 aromatic rings. The van der Waals surface area contributed by atoms with E-state index in [2.05, 4.69) is 10.1 Å². The smallest absolute Gasteiger partial charge is 0.243 e. The van der Waals surface area contributed by atoms with Gasteiger partial charge in [0, 0.05) is 18.7 Å². The first-order valence-electron chi connectivity index (χ1n) is 10.5. The molecule has 31 heavy (non-hydrogen) atoms. The highest BCUT2D eigenvalue weighted by Gasteiger charge is 2.33. The van der Waals surface area contributed by atoms with Crippen molar-refractivity contribution in [2.45, 2.75) is 44.4 Å². The molecule has 164 valence electrons. The van der Waals surface area contributed by atoms with Gasteiger partial charge in [0.2, 0.25) is 21.7 Å². The van der Waals surface area contributed by atoms with E-state index < -0.39 is 10.0 Å². The van der Waals surface area contributed by atoms with Gasteiger partial charge in [0.25, 0.3) is 0 Å². The van der Waals surface area contributed by atoms with Gasteiger partial charge < -0.3 is 9.26 Å². The second-order valence-electron chi connectivity index (χ2n) is 7.86. The van der Waals surface area contributed by atoms with E-state index in [1.807, 2.05) is 51.1 Å². The Morgan fingerprint density at radius 1 is 1.13 bits per heavy atom. The molecular formula is C23H27N3O4S. The summed E-state index contributed by atoms with van der Waals surface area (Å²) in [7, 11) is -3.57. The fourth-order valence-corrected chi connectivity index (χ4v) is 5.38. The summed E-state index contributed by atoms with van der Waals surface area (Å²) in [5.41, 5.74) is 2.86. The van der Waals surface area contributed by atoms with E-state index in [-0.39, 0.29) is 5.92 Å². The molecule has 0 saturated carbocycles. The van der Waals surface area contributed by atoms with Gasteiger partial charge in [0.05, 0.1) is 17.4 Å². The lowest BCUT2D eigenvalue weighted by molar-refractivity contribution is 0.265. The lowest BCUT2D eigenvalue weighted by atomic mass is 10.00. The van der Waals surface area contributed by atoms with Crippen LogP contribution >= 0.6 is 0 Å². The molecule has 0 bridgehead atoms. The molecule has 0 amide bonds. The number of hydrogen-bond acceptors (Lipinski definition) is 6. The monoisotopic (exact) mass is 441 g/mol. The van der Waals surface area contributed by atoms with Gasteiger partial charge in [-0.05, 0) is 81.1 Å². The van der Waals surface area contributed by atoms with E-state index in [4.69, 9.17) is 9.26 Å². The van der Waals surface area contributed by atoms with Crippen molar-refractivity contribution in [1.29, 1.82) is 0 Å². The molecule has 1 fully saturated rings. The summed E-state index contributed by atoms with van der Waals surface area (Å²) >= 11 is 0. The fraction of sp³-hybridized carbons (Fsp3) is 0.391. The summed E-state index contributed by atoms with van der Waals surface area (Å²) in [4.78, 5) is 4.89. The van der Waals surface area contributed by atoms with Crippen molar-refractivity contribution in [3.05, 3.63) is 59.5 Å². The largest absolute Gasteiger partial charge is 0.494 e. The number of piperidine rings is 1. The molecule has 0 unspecified atom stereocenters. The van der Waals surface area contributed by atoms with Gasteiger partial charge in [0.15, 0.2) is 0 Å². The summed E-state index contributed by atoms with van der Waals surface area (Å²) in [6, 6.07) is 12.8. The lowest BCUT2D eigenvalue weighted by Crippen LogP contribution is -2.39. The maximum Gasteiger partial charge on any atom is 0.243 e. The van der Waals surface area contributed by atoms with Crippen molar-refractivity contribution in [3.8, 4) is 17.1 Å². The number of aryl methyl sites for hydroxylation is 2. The van der Waals surface area contributed by atoms with Crippen LogP contribution in [0.1, 0.15) is 42.7 Å². The third kappa shape index (κ3) is 4.50. The molecule has 1 atom stereocenters. The molecule has 8 heteroatoms. The first-order valence-corrected chi connectivity index (χ1v) is 12.0. The first-order chi connectivity index (χ1) is 14.9. The zero-order valence-corrected chi connectivity index (χ0v) is 18.9. The maximum absolute atomic E-state index is 13.2.